The molecule has 0 fully saturated rings. The molecule has 4 nitrogen and oxygen atoms in total. The lowest BCUT2D eigenvalue weighted by atomic mass is 10.2. The van der Waals surface area contributed by atoms with E-state index in [9.17, 15) is 4.79 Å². The van der Waals surface area contributed by atoms with Crippen molar-refractivity contribution in [1.29, 1.82) is 0 Å². The Kier molecular flexibility index (Phi) is 3.55. The minimum atomic E-state index is -0.524. The van der Waals surface area contributed by atoms with Crippen LogP contribution in [0.2, 0.25) is 15.3 Å². The summed E-state index contributed by atoms with van der Waals surface area (Å²) in [4.78, 5) is 15.1. The number of nitrogens with zero attached hydrogens (tertiary/aromatic N) is 2. The summed E-state index contributed by atoms with van der Waals surface area (Å²) >= 11 is 17.0. The van der Waals surface area contributed by atoms with Gasteiger partial charge in [-0.25, -0.2) is 10.8 Å². The Morgan fingerprint density at radius 3 is 2.50 bits per heavy atom. The molecule has 0 aliphatic carbocycles. The zero-order chi connectivity index (χ0) is 10.9. The molecule has 1 heterocycles. The summed E-state index contributed by atoms with van der Waals surface area (Å²) in [5.41, 5.74) is 0.0442. The maximum absolute atomic E-state index is 11.4. The van der Waals surface area contributed by atoms with Crippen LogP contribution in [0, 0.1) is 0 Å². The van der Waals surface area contributed by atoms with E-state index in [2.05, 4.69) is 4.98 Å². The van der Waals surface area contributed by atoms with Crippen molar-refractivity contribution < 1.29 is 4.79 Å². The average molecular weight is 255 g/mol. The summed E-state index contributed by atoms with van der Waals surface area (Å²) in [6.07, 6.45) is 0. The highest BCUT2D eigenvalue weighted by molar-refractivity contribution is 6.40. The monoisotopic (exact) mass is 253 g/mol. The minimum Gasteiger partial charge on any atom is -0.280 e. The van der Waals surface area contributed by atoms with E-state index in [1.807, 2.05) is 0 Å². The average Bonchev–Trinajstić information content (AvgIpc) is 2.01. The highest BCUT2D eigenvalue weighted by Crippen LogP contribution is 2.26. The molecule has 14 heavy (non-hydrogen) atoms. The lowest BCUT2D eigenvalue weighted by Gasteiger charge is -2.11. The first-order valence-electron chi connectivity index (χ1n) is 3.47. The Hall–Kier alpha value is -0.550. The van der Waals surface area contributed by atoms with Gasteiger partial charge in [0.1, 0.15) is 10.3 Å². The Labute approximate surface area is 95.5 Å². The second-order valence-electron chi connectivity index (χ2n) is 2.51. The van der Waals surface area contributed by atoms with E-state index in [4.69, 9.17) is 40.6 Å². The highest BCUT2D eigenvalue weighted by atomic mass is 35.5. The maximum atomic E-state index is 11.4. The van der Waals surface area contributed by atoms with Crippen molar-refractivity contribution >= 4 is 40.7 Å². The van der Waals surface area contributed by atoms with Crippen LogP contribution in [-0.2, 0) is 0 Å². The third kappa shape index (κ3) is 2.27. The van der Waals surface area contributed by atoms with Crippen LogP contribution in [0.4, 0.5) is 0 Å². The van der Waals surface area contributed by atoms with Crippen LogP contribution in [0.15, 0.2) is 6.07 Å². The van der Waals surface area contributed by atoms with E-state index in [1.54, 1.807) is 0 Å². The predicted octanol–water partition coefficient (Wildman–Crippen LogP) is 1.99. The Balaban J connectivity index is 3.28. The SMILES string of the molecule is CN(N)C(=O)c1c(Cl)cc(Cl)nc1Cl. The van der Waals surface area contributed by atoms with Gasteiger partial charge in [0.2, 0.25) is 0 Å². The molecule has 1 amide bonds. The summed E-state index contributed by atoms with van der Waals surface area (Å²) in [5.74, 6) is 4.73. The van der Waals surface area contributed by atoms with Crippen molar-refractivity contribution in [3.05, 3.63) is 27.0 Å². The van der Waals surface area contributed by atoms with Crippen LogP contribution >= 0.6 is 34.8 Å². The third-order valence-electron chi connectivity index (χ3n) is 1.43. The lowest BCUT2D eigenvalue weighted by molar-refractivity contribution is 0.0795. The molecule has 0 bridgehead atoms. The molecule has 1 aromatic rings. The minimum absolute atomic E-state index is 0.0442. The number of aromatic nitrogens is 1. The number of hydrazine groups is 1. The summed E-state index contributed by atoms with van der Waals surface area (Å²) < 4.78 is 0. The van der Waals surface area contributed by atoms with E-state index in [0.717, 1.165) is 5.01 Å². The molecule has 0 unspecified atom stereocenters. The standard InChI is InChI=1S/C7H6Cl3N3O/c1-13(11)7(14)5-3(8)2-4(9)12-6(5)10/h2H,11H2,1H3. The zero-order valence-corrected chi connectivity index (χ0v) is 9.36. The van der Waals surface area contributed by atoms with Crippen molar-refractivity contribution in [2.75, 3.05) is 7.05 Å². The number of halogens is 3. The summed E-state index contributed by atoms with van der Waals surface area (Å²) in [6.45, 7) is 0. The van der Waals surface area contributed by atoms with Gasteiger partial charge in [-0.2, -0.15) is 0 Å². The van der Waals surface area contributed by atoms with Crippen molar-refractivity contribution in [3.8, 4) is 0 Å². The molecule has 1 aromatic heterocycles. The molecule has 0 aliphatic heterocycles. The molecular weight excluding hydrogens is 248 g/mol. The molecule has 0 aromatic carbocycles. The Morgan fingerprint density at radius 1 is 1.50 bits per heavy atom. The van der Waals surface area contributed by atoms with Gasteiger partial charge < -0.3 is 0 Å². The smallest absolute Gasteiger partial charge is 0.272 e. The first-order chi connectivity index (χ1) is 6.43. The molecule has 0 spiro atoms. The van der Waals surface area contributed by atoms with Crippen LogP contribution < -0.4 is 5.84 Å². The normalized spacial score (nSPS) is 10.1. The van der Waals surface area contributed by atoms with Gasteiger partial charge >= 0.3 is 0 Å². The number of hydrogen-bond acceptors (Lipinski definition) is 3. The topological polar surface area (TPSA) is 59.2 Å². The van der Waals surface area contributed by atoms with Gasteiger partial charge in [0.15, 0.2) is 0 Å². The van der Waals surface area contributed by atoms with Crippen LogP contribution in [-0.4, -0.2) is 22.9 Å². The van der Waals surface area contributed by atoms with Crippen LogP contribution in [0.1, 0.15) is 10.4 Å². The fourth-order valence-electron chi connectivity index (χ4n) is 0.824. The third-order valence-corrected chi connectivity index (χ3v) is 2.20. The molecule has 0 atom stereocenters. The second-order valence-corrected chi connectivity index (χ2v) is 3.66. The van der Waals surface area contributed by atoms with Crippen molar-refractivity contribution in [2.24, 2.45) is 5.84 Å². The number of hydrogen-bond donors (Lipinski definition) is 1. The molecule has 76 valence electrons. The molecule has 0 aliphatic rings. The molecule has 1 rings (SSSR count). The molecule has 7 heteroatoms. The second kappa shape index (κ2) is 4.31. The number of nitrogens with two attached hydrogens (primary N) is 1. The maximum Gasteiger partial charge on any atom is 0.272 e. The van der Waals surface area contributed by atoms with Gasteiger partial charge in [-0.3, -0.25) is 9.80 Å². The quantitative estimate of drug-likeness (QED) is 0.361. The molecule has 0 saturated heterocycles. The molecule has 0 saturated carbocycles. The molecule has 2 N–H and O–H groups in total. The van der Waals surface area contributed by atoms with Gasteiger partial charge in [-0.1, -0.05) is 34.8 Å². The van der Waals surface area contributed by atoms with E-state index in [1.165, 1.54) is 13.1 Å². The number of rotatable bonds is 1. The summed E-state index contributed by atoms with van der Waals surface area (Å²) in [5, 5.41) is 1.04. The van der Waals surface area contributed by atoms with Gasteiger partial charge in [-0.05, 0) is 6.07 Å². The molecular formula is C7H6Cl3N3O. The van der Waals surface area contributed by atoms with Crippen LogP contribution in [0.3, 0.4) is 0 Å². The fourth-order valence-corrected chi connectivity index (χ4v) is 1.71. The van der Waals surface area contributed by atoms with Gasteiger partial charge in [0, 0.05) is 7.05 Å². The number of pyridine rings is 1. The van der Waals surface area contributed by atoms with Crippen molar-refractivity contribution in [2.45, 2.75) is 0 Å². The van der Waals surface area contributed by atoms with Crippen molar-refractivity contribution in [1.82, 2.24) is 9.99 Å². The fraction of sp³-hybridized carbons (Fsp3) is 0.143. The predicted molar refractivity (Wildman–Crippen MR) is 55.5 cm³/mol. The Morgan fingerprint density at radius 2 is 2.07 bits per heavy atom. The van der Waals surface area contributed by atoms with E-state index < -0.39 is 5.91 Å². The Bertz CT molecular complexity index is 357. The van der Waals surface area contributed by atoms with Crippen molar-refractivity contribution in [3.63, 3.8) is 0 Å². The first kappa shape index (κ1) is 11.5. The van der Waals surface area contributed by atoms with E-state index in [0.29, 0.717) is 0 Å². The number of carbonyl (C=O) groups is 1. The molecule has 0 radical (unpaired) electrons. The van der Waals surface area contributed by atoms with Gasteiger partial charge in [0.25, 0.3) is 5.91 Å². The summed E-state index contributed by atoms with van der Waals surface area (Å²) in [6, 6.07) is 1.33. The largest absolute Gasteiger partial charge is 0.280 e. The first-order valence-corrected chi connectivity index (χ1v) is 4.61. The number of amides is 1. The van der Waals surface area contributed by atoms with Gasteiger partial charge in [-0.15, -0.1) is 0 Å². The number of carbonyl (C=O) groups excluding carboxylic acids is 1. The van der Waals surface area contributed by atoms with Crippen LogP contribution in [0.25, 0.3) is 0 Å². The highest BCUT2D eigenvalue weighted by Gasteiger charge is 2.18. The zero-order valence-electron chi connectivity index (χ0n) is 7.09. The lowest BCUT2D eigenvalue weighted by Crippen LogP contribution is -2.33. The van der Waals surface area contributed by atoms with E-state index in [-0.39, 0.29) is 20.9 Å². The van der Waals surface area contributed by atoms with Crippen LogP contribution in [0.5, 0.6) is 0 Å². The summed E-state index contributed by atoms with van der Waals surface area (Å²) in [7, 11) is 1.38. The van der Waals surface area contributed by atoms with Gasteiger partial charge in [0.05, 0.1) is 10.6 Å². The van der Waals surface area contributed by atoms with E-state index >= 15 is 0 Å².